The first kappa shape index (κ1) is 16.2. The van der Waals surface area contributed by atoms with Gasteiger partial charge in [0, 0.05) is 31.5 Å². The average molecular weight is 384 g/mol. The van der Waals surface area contributed by atoms with Crippen LogP contribution in [-0.2, 0) is 4.74 Å². The fraction of sp³-hybridized carbons (Fsp3) is 0.556. The van der Waals surface area contributed by atoms with Gasteiger partial charge in [0.1, 0.15) is 23.9 Å². The molecule has 0 amide bonds. The monoisotopic (exact) mass is 384 g/mol. The van der Waals surface area contributed by atoms with E-state index >= 15 is 0 Å². The van der Waals surface area contributed by atoms with Crippen molar-refractivity contribution in [2.75, 3.05) is 36.5 Å². The largest absolute Gasteiger partial charge is 0.378 e. The van der Waals surface area contributed by atoms with E-state index in [1.165, 1.54) is 6.42 Å². The Bertz CT molecular complexity index is 995. The van der Waals surface area contributed by atoms with E-state index in [1.807, 2.05) is 6.20 Å². The molecule has 0 radical (unpaired) electrons. The number of rotatable bonds is 4. The van der Waals surface area contributed by atoms with Crippen molar-refractivity contribution < 1.29 is 9.13 Å². The standard InChI is InChI=1S/C18H21FN8O/c19-13-8-28-2-1-14(13)23-18-24-17-16(26-6-10-3-11(10)7-26)15(12-4-21-22-5-12)20-9-27(17)25-18/h4-5,9-11,13-14H,1-3,6-8H2,(H,21,22)(H,23,25)/t10?,11?,13-,14+/m1/s1. The molecule has 1 saturated carbocycles. The minimum Gasteiger partial charge on any atom is -0.378 e. The molecule has 1 aliphatic carbocycles. The summed E-state index contributed by atoms with van der Waals surface area (Å²) in [4.78, 5) is 11.7. The highest BCUT2D eigenvalue weighted by molar-refractivity contribution is 5.85. The quantitative estimate of drug-likeness (QED) is 0.704. The fourth-order valence-electron chi connectivity index (χ4n) is 4.40. The Labute approximate surface area is 160 Å². The van der Waals surface area contributed by atoms with Gasteiger partial charge < -0.3 is 15.0 Å². The number of alkyl halides is 1. The van der Waals surface area contributed by atoms with Crippen LogP contribution < -0.4 is 10.2 Å². The van der Waals surface area contributed by atoms with Crippen LogP contribution in [0, 0.1) is 11.8 Å². The highest BCUT2D eigenvalue weighted by atomic mass is 19.1. The lowest BCUT2D eigenvalue weighted by Gasteiger charge is -2.26. The van der Waals surface area contributed by atoms with E-state index in [9.17, 15) is 4.39 Å². The van der Waals surface area contributed by atoms with Crippen molar-refractivity contribution in [2.45, 2.75) is 25.1 Å². The van der Waals surface area contributed by atoms with Gasteiger partial charge in [-0.05, 0) is 24.7 Å². The predicted octanol–water partition coefficient (Wildman–Crippen LogP) is 1.51. The van der Waals surface area contributed by atoms with E-state index in [0.717, 1.165) is 47.5 Å². The molecule has 0 aromatic carbocycles. The van der Waals surface area contributed by atoms with Crippen LogP contribution in [0.3, 0.4) is 0 Å². The SMILES string of the molecule is F[C@@H]1COCC[C@@H]1Nc1nc2c(N3CC4CC4C3)c(-c3cn[nH]c3)ncn2n1. The second-order valence-electron chi connectivity index (χ2n) is 7.92. The number of hydrogen-bond acceptors (Lipinski definition) is 7. The van der Waals surface area contributed by atoms with Gasteiger partial charge in [0.05, 0.1) is 18.8 Å². The van der Waals surface area contributed by atoms with Crippen molar-refractivity contribution in [3.8, 4) is 11.3 Å². The van der Waals surface area contributed by atoms with Gasteiger partial charge >= 0.3 is 0 Å². The molecule has 3 aromatic heterocycles. The molecular weight excluding hydrogens is 363 g/mol. The summed E-state index contributed by atoms with van der Waals surface area (Å²) in [6.07, 6.45) is 6.11. The first-order chi connectivity index (χ1) is 13.8. The number of nitrogens with one attached hydrogen (secondary N) is 2. The molecule has 0 spiro atoms. The molecule has 2 N–H and O–H groups in total. The van der Waals surface area contributed by atoms with E-state index in [0.29, 0.717) is 19.0 Å². The Morgan fingerprint density at radius 2 is 2.18 bits per heavy atom. The first-order valence-corrected chi connectivity index (χ1v) is 9.74. The normalized spacial score (nSPS) is 29.2. The molecule has 10 heteroatoms. The lowest BCUT2D eigenvalue weighted by Crippen LogP contribution is -2.39. The average Bonchev–Trinajstić information content (AvgIpc) is 3.14. The number of nitrogens with zero attached hydrogens (tertiary/aromatic N) is 6. The molecule has 0 bridgehead atoms. The highest BCUT2D eigenvalue weighted by Crippen LogP contribution is 2.48. The number of ether oxygens (including phenoxy) is 1. The summed E-state index contributed by atoms with van der Waals surface area (Å²) in [6.45, 7) is 2.68. The molecule has 2 saturated heterocycles. The smallest absolute Gasteiger partial charge is 0.243 e. The first-order valence-electron chi connectivity index (χ1n) is 9.74. The van der Waals surface area contributed by atoms with Crippen LogP contribution >= 0.6 is 0 Å². The maximum atomic E-state index is 14.1. The van der Waals surface area contributed by atoms with Gasteiger partial charge in [-0.1, -0.05) is 0 Å². The molecule has 6 rings (SSSR count). The number of H-pyrrole nitrogens is 1. The lowest BCUT2D eigenvalue weighted by atomic mass is 10.1. The lowest BCUT2D eigenvalue weighted by molar-refractivity contribution is 0.0284. The number of halogens is 1. The van der Waals surface area contributed by atoms with Crippen LogP contribution in [0.15, 0.2) is 18.7 Å². The van der Waals surface area contributed by atoms with Crippen molar-refractivity contribution in [3.63, 3.8) is 0 Å². The third-order valence-electron chi connectivity index (χ3n) is 6.03. The van der Waals surface area contributed by atoms with Crippen molar-refractivity contribution in [2.24, 2.45) is 11.8 Å². The maximum absolute atomic E-state index is 14.1. The summed E-state index contributed by atoms with van der Waals surface area (Å²) in [5.74, 6) is 1.96. The Morgan fingerprint density at radius 1 is 1.29 bits per heavy atom. The van der Waals surface area contributed by atoms with Crippen LogP contribution in [0.5, 0.6) is 0 Å². The molecule has 3 fully saturated rings. The molecule has 4 atom stereocenters. The molecule has 3 aromatic rings. The topological polar surface area (TPSA) is 96.3 Å². The number of anilines is 2. The van der Waals surface area contributed by atoms with E-state index in [1.54, 1.807) is 17.0 Å². The summed E-state index contributed by atoms with van der Waals surface area (Å²) in [5, 5.41) is 14.6. The zero-order chi connectivity index (χ0) is 18.7. The van der Waals surface area contributed by atoms with E-state index in [4.69, 9.17) is 9.72 Å². The van der Waals surface area contributed by atoms with Crippen molar-refractivity contribution in [3.05, 3.63) is 18.7 Å². The highest BCUT2D eigenvalue weighted by Gasteiger charge is 2.46. The van der Waals surface area contributed by atoms with Gasteiger partial charge in [0.15, 0.2) is 5.65 Å². The number of hydrogen-bond donors (Lipinski definition) is 2. The van der Waals surface area contributed by atoms with Crippen molar-refractivity contribution >= 4 is 17.3 Å². The third-order valence-corrected chi connectivity index (χ3v) is 6.03. The second kappa shape index (κ2) is 6.13. The molecule has 146 valence electrons. The van der Waals surface area contributed by atoms with Gasteiger partial charge in [0.2, 0.25) is 5.95 Å². The number of piperidine rings is 1. The summed E-state index contributed by atoms with van der Waals surface area (Å²) in [7, 11) is 0. The summed E-state index contributed by atoms with van der Waals surface area (Å²) in [5.41, 5.74) is 3.47. The Kier molecular flexibility index (Phi) is 3.55. The van der Waals surface area contributed by atoms with Crippen LogP contribution in [0.25, 0.3) is 16.9 Å². The molecule has 2 unspecified atom stereocenters. The van der Waals surface area contributed by atoms with Gasteiger partial charge in [-0.3, -0.25) is 5.10 Å². The molecule has 9 nitrogen and oxygen atoms in total. The maximum Gasteiger partial charge on any atom is 0.243 e. The van der Waals surface area contributed by atoms with Gasteiger partial charge in [0.25, 0.3) is 0 Å². The van der Waals surface area contributed by atoms with Gasteiger partial charge in [-0.15, -0.1) is 5.10 Å². The zero-order valence-electron chi connectivity index (χ0n) is 15.3. The Morgan fingerprint density at radius 3 is 2.96 bits per heavy atom. The molecule has 3 aliphatic rings. The van der Waals surface area contributed by atoms with Crippen LogP contribution in [0.2, 0.25) is 0 Å². The number of fused-ring (bicyclic) bond motifs is 2. The number of aromatic nitrogens is 6. The Hall–Kier alpha value is -2.75. The van der Waals surface area contributed by atoms with E-state index in [2.05, 4.69) is 30.5 Å². The predicted molar refractivity (Wildman–Crippen MR) is 99.9 cm³/mol. The van der Waals surface area contributed by atoms with E-state index in [-0.39, 0.29) is 12.6 Å². The molecule has 5 heterocycles. The van der Waals surface area contributed by atoms with Crippen molar-refractivity contribution in [1.29, 1.82) is 0 Å². The van der Waals surface area contributed by atoms with Gasteiger partial charge in [-0.25, -0.2) is 9.37 Å². The van der Waals surface area contributed by atoms with Crippen LogP contribution in [-0.4, -0.2) is 68.3 Å². The van der Waals surface area contributed by atoms with Gasteiger partial charge in [-0.2, -0.15) is 14.6 Å². The van der Waals surface area contributed by atoms with Crippen LogP contribution in [0.4, 0.5) is 16.0 Å². The minimum absolute atomic E-state index is 0.110. The molecule has 2 aliphatic heterocycles. The zero-order valence-corrected chi connectivity index (χ0v) is 15.3. The third kappa shape index (κ3) is 2.62. The summed E-state index contributed by atoms with van der Waals surface area (Å²) in [6, 6.07) is -0.338. The molecular formula is C18H21FN8O. The van der Waals surface area contributed by atoms with Crippen LogP contribution in [0.1, 0.15) is 12.8 Å². The summed E-state index contributed by atoms with van der Waals surface area (Å²) < 4.78 is 21.0. The minimum atomic E-state index is -1.06. The number of aromatic amines is 1. The fourth-order valence-corrected chi connectivity index (χ4v) is 4.40. The molecule has 28 heavy (non-hydrogen) atoms. The Balaban J connectivity index is 1.41. The van der Waals surface area contributed by atoms with E-state index < -0.39 is 6.17 Å². The van der Waals surface area contributed by atoms with Crippen molar-refractivity contribution in [1.82, 2.24) is 29.8 Å². The summed E-state index contributed by atoms with van der Waals surface area (Å²) >= 11 is 0. The second-order valence-corrected chi connectivity index (χ2v) is 7.92.